The quantitative estimate of drug-likeness (QED) is 0.945. The van der Waals surface area contributed by atoms with Crippen LogP contribution in [-0.4, -0.2) is 29.1 Å². The highest BCUT2D eigenvalue weighted by Gasteiger charge is 2.23. The van der Waals surface area contributed by atoms with Crippen molar-refractivity contribution in [1.29, 1.82) is 0 Å². The van der Waals surface area contributed by atoms with Gasteiger partial charge in [-0.25, -0.2) is 9.37 Å². The lowest BCUT2D eigenvalue weighted by molar-refractivity contribution is 0.628. The van der Waals surface area contributed by atoms with E-state index in [1.165, 1.54) is 6.07 Å². The molecule has 4 nitrogen and oxygen atoms in total. The number of nitrogens with zero attached hydrogens (tertiary/aromatic N) is 3. The van der Waals surface area contributed by atoms with E-state index in [1.54, 1.807) is 24.5 Å². The number of hydrogen-bond acceptors (Lipinski definition) is 4. The second kappa shape index (κ2) is 5.85. The first-order valence-electron chi connectivity index (χ1n) is 6.87. The van der Waals surface area contributed by atoms with Crippen molar-refractivity contribution < 1.29 is 4.39 Å². The van der Waals surface area contributed by atoms with Crippen LogP contribution in [0, 0.1) is 12.7 Å². The van der Waals surface area contributed by atoms with Crippen molar-refractivity contribution in [2.75, 3.05) is 23.3 Å². The molecule has 1 aliphatic heterocycles. The van der Waals surface area contributed by atoms with Crippen LogP contribution < -0.4 is 10.2 Å². The molecule has 2 heterocycles. The molecule has 2 aromatic rings. The maximum atomic E-state index is 13.2. The van der Waals surface area contributed by atoms with Gasteiger partial charge in [-0.05, 0) is 31.5 Å². The van der Waals surface area contributed by atoms with Crippen molar-refractivity contribution in [3.8, 4) is 0 Å². The summed E-state index contributed by atoms with van der Waals surface area (Å²) in [6.45, 7) is 3.65. The van der Waals surface area contributed by atoms with Crippen LogP contribution in [0.1, 0.15) is 12.1 Å². The van der Waals surface area contributed by atoms with E-state index in [-0.39, 0.29) is 10.8 Å². The molecule has 0 radical (unpaired) electrons. The molecule has 3 rings (SSSR count). The largest absolute Gasteiger partial charge is 0.369 e. The van der Waals surface area contributed by atoms with Gasteiger partial charge < -0.3 is 10.2 Å². The standard InChI is InChI=1S/C15H16ClFN4/c1-10-7-18-8-15(19-10)20-11-4-5-21(9-11)12-2-3-14(17)13(16)6-12/h2-3,6-8,11H,4-5,9H2,1H3,(H,19,20). The number of hydrogen-bond donors (Lipinski definition) is 1. The van der Waals surface area contributed by atoms with Gasteiger partial charge in [0.1, 0.15) is 11.6 Å². The van der Waals surface area contributed by atoms with Gasteiger partial charge in [0.25, 0.3) is 0 Å². The molecule has 0 aliphatic carbocycles. The summed E-state index contributed by atoms with van der Waals surface area (Å²) in [6, 6.07) is 5.14. The number of nitrogens with one attached hydrogen (secondary N) is 1. The molecule has 0 amide bonds. The molecule has 1 unspecified atom stereocenters. The number of rotatable bonds is 3. The van der Waals surface area contributed by atoms with Crippen LogP contribution in [0.15, 0.2) is 30.6 Å². The van der Waals surface area contributed by atoms with E-state index in [2.05, 4.69) is 20.2 Å². The van der Waals surface area contributed by atoms with Crippen molar-refractivity contribution in [3.05, 3.63) is 47.1 Å². The Morgan fingerprint density at radius 2 is 2.24 bits per heavy atom. The molecule has 110 valence electrons. The van der Waals surface area contributed by atoms with E-state index < -0.39 is 0 Å². The Bertz CT molecular complexity index is 649. The minimum absolute atomic E-state index is 0.161. The van der Waals surface area contributed by atoms with E-state index in [9.17, 15) is 4.39 Å². The first-order chi connectivity index (χ1) is 10.1. The molecular weight excluding hydrogens is 291 g/mol. The smallest absolute Gasteiger partial charge is 0.145 e. The lowest BCUT2D eigenvalue weighted by Gasteiger charge is -2.19. The van der Waals surface area contributed by atoms with Gasteiger partial charge in [0.15, 0.2) is 0 Å². The first-order valence-corrected chi connectivity index (χ1v) is 7.25. The highest BCUT2D eigenvalue weighted by Crippen LogP contribution is 2.26. The Hall–Kier alpha value is -1.88. The molecule has 0 spiro atoms. The Balaban J connectivity index is 1.66. The van der Waals surface area contributed by atoms with E-state index in [4.69, 9.17) is 11.6 Å². The predicted octanol–water partition coefficient (Wildman–Crippen LogP) is 3.27. The van der Waals surface area contributed by atoms with E-state index in [1.807, 2.05) is 6.92 Å². The van der Waals surface area contributed by atoms with Gasteiger partial charge in [-0.3, -0.25) is 4.98 Å². The van der Waals surface area contributed by atoms with Crippen molar-refractivity contribution in [3.63, 3.8) is 0 Å². The van der Waals surface area contributed by atoms with Crippen molar-refractivity contribution in [1.82, 2.24) is 9.97 Å². The average molecular weight is 307 g/mol. The minimum atomic E-state index is -0.385. The molecule has 21 heavy (non-hydrogen) atoms. The van der Waals surface area contributed by atoms with Crippen molar-refractivity contribution in [2.45, 2.75) is 19.4 Å². The first kappa shape index (κ1) is 14.1. The average Bonchev–Trinajstić information content (AvgIpc) is 2.90. The summed E-state index contributed by atoms with van der Waals surface area (Å²) in [5.74, 6) is 0.406. The zero-order chi connectivity index (χ0) is 14.8. The van der Waals surface area contributed by atoms with Gasteiger partial charge in [-0.1, -0.05) is 11.6 Å². The summed E-state index contributed by atoms with van der Waals surface area (Å²) in [5, 5.41) is 3.55. The zero-order valence-electron chi connectivity index (χ0n) is 11.7. The van der Waals surface area contributed by atoms with E-state index in [0.29, 0.717) is 6.04 Å². The fourth-order valence-electron chi connectivity index (χ4n) is 2.54. The van der Waals surface area contributed by atoms with Crippen LogP contribution in [0.4, 0.5) is 15.9 Å². The molecule has 1 N–H and O–H groups in total. The Morgan fingerprint density at radius 3 is 3.00 bits per heavy atom. The number of aryl methyl sites for hydroxylation is 1. The molecule has 0 saturated carbocycles. The van der Waals surface area contributed by atoms with Gasteiger partial charge in [-0.2, -0.15) is 0 Å². The molecule has 1 saturated heterocycles. The second-order valence-corrected chi connectivity index (χ2v) is 5.63. The van der Waals surface area contributed by atoms with Gasteiger partial charge in [0.05, 0.1) is 16.9 Å². The third-order valence-electron chi connectivity index (χ3n) is 3.56. The highest BCUT2D eigenvalue weighted by atomic mass is 35.5. The number of benzene rings is 1. The topological polar surface area (TPSA) is 41.1 Å². The molecule has 1 atom stereocenters. The monoisotopic (exact) mass is 306 g/mol. The number of anilines is 2. The van der Waals surface area contributed by atoms with Gasteiger partial charge in [0.2, 0.25) is 0 Å². The van der Waals surface area contributed by atoms with Crippen LogP contribution in [0.2, 0.25) is 5.02 Å². The molecule has 1 aromatic heterocycles. The predicted molar refractivity (Wildman–Crippen MR) is 82.4 cm³/mol. The summed E-state index contributed by atoms with van der Waals surface area (Å²) in [4.78, 5) is 10.7. The van der Waals surface area contributed by atoms with Crippen LogP contribution in [0.5, 0.6) is 0 Å². The minimum Gasteiger partial charge on any atom is -0.369 e. The lowest BCUT2D eigenvalue weighted by Crippen LogP contribution is -2.26. The third-order valence-corrected chi connectivity index (χ3v) is 3.85. The Morgan fingerprint density at radius 1 is 1.38 bits per heavy atom. The van der Waals surface area contributed by atoms with Crippen LogP contribution in [0.25, 0.3) is 0 Å². The zero-order valence-corrected chi connectivity index (χ0v) is 12.4. The molecule has 1 aliphatic rings. The SMILES string of the molecule is Cc1cncc(NC2CCN(c3ccc(F)c(Cl)c3)C2)n1. The summed E-state index contributed by atoms with van der Waals surface area (Å²) in [7, 11) is 0. The Kier molecular flexibility index (Phi) is 3.92. The number of aromatic nitrogens is 2. The molecule has 1 fully saturated rings. The van der Waals surface area contributed by atoms with Crippen LogP contribution in [0.3, 0.4) is 0 Å². The van der Waals surface area contributed by atoms with Crippen molar-refractivity contribution >= 4 is 23.1 Å². The summed E-state index contributed by atoms with van der Waals surface area (Å²) in [5.41, 5.74) is 1.83. The highest BCUT2D eigenvalue weighted by molar-refractivity contribution is 6.31. The maximum Gasteiger partial charge on any atom is 0.145 e. The molecule has 6 heteroatoms. The van der Waals surface area contributed by atoms with Crippen LogP contribution >= 0.6 is 11.6 Å². The Labute approximate surface area is 128 Å². The lowest BCUT2D eigenvalue weighted by atomic mass is 10.2. The van der Waals surface area contributed by atoms with Gasteiger partial charge in [-0.15, -0.1) is 0 Å². The van der Waals surface area contributed by atoms with E-state index >= 15 is 0 Å². The number of halogens is 2. The van der Waals surface area contributed by atoms with Crippen molar-refractivity contribution in [2.24, 2.45) is 0 Å². The molecular formula is C15H16ClFN4. The second-order valence-electron chi connectivity index (χ2n) is 5.22. The summed E-state index contributed by atoms with van der Waals surface area (Å²) < 4.78 is 13.2. The van der Waals surface area contributed by atoms with Gasteiger partial charge >= 0.3 is 0 Å². The van der Waals surface area contributed by atoms with Gasteiger partial charge in [0, 0.05) is 31.0 Å². The fourth-order valence-corrected chi connectivity index (χ4v) is 2.71. The van der Waals surface area contributed by atoms with Crippen LogP contribution in [-0.2, 0) is 0 Å². The fraction of sp³-hybridized carbons (Fsp3) is 0.333. The third kappa shape index (κ3) is 3.24. The maximum absolute atomic E-state index is 13.2. The molecule has 0 bridgehead atoms. The summed E-state index contributed by atoms with van der Waals surface area (Å²) >= 11 is 5.84. The molecule has 1 aromatic carbocycles. The normalized spacial score (nSPS) is 18.0. The van der Waals surface area contributed by atoms with E-state index in [0.717, 1.165) is 36.7 Å². The summed E-state index contributed by atoms with van der Waals surface area (Å²) in [6.07, 6.45) is 4.45.